The fourth-order valence-electron chi connectivity index (χ4n) is 3.30. The molecule has 2 amide bonds. The van der Waals surface area contributed by atoms with E-state index in [1.807, 2.05) is 42.2 Å². The number of amides is 2. The number of β-lactam (4-membered cyclic amide) rings is 1. The van der Waals surface area contributed by atoms with Crippen LogP contribution in [0, 0.1) is 5.92 Å². The largest absolute Gasteiger partial charge is 0.356 e. The first-order valence-electron chi connectivity index (χ1n) is 6.75. The highest BCUT2D eigenvalue weighted by atomic mass is 16.2. The third-order valence-electron chi connectivity index (χ3n) is 4.51. The van der Waals surface area contributed by atoms with Gasteiger partial charge in [0.05, 0.1) is 17.9 Å². The molecule has 4 nitrogen and oxygen atoms in total. The van der Waals surface area contributed by atoms with Crippen LogP contribution in [0.5, 0.6) is 0 Å². The minimum atomic E-state index is -0.255. The number of benzene rings is 1. The van der Waals surface area contributed by atoms with E-state index >= 15 is 0 Å². The third kappa shape index (κ3) is 1.82. The molecule has 2 saturated heterocycles. The monoisotopic (exact) mass is 258 g/mol. The first-order valence-corrected chi connectivity index (χ1v) is 6.75. The average Bonchev–Trinajstić information content (AvgIpc) is 2.45. The van der Waals surface area contributed by atoms with E-state index in [-0.39, 0.29) is 23.3 Å². The highest BCUT2D eigenvalue weighted by molar-refractivity contribution is 5.91. The Bertz CT molecular complexity index is 514. The van der Waals surface area contributed by atoms with Gasteiger partial charge in [0.25, 0.3) is 0 Å². The molecule has 0 saturated carbocycles. The van der Waals surface area contributed by atoms with E-state index < -0.39 is 0 Å². The van der Waals surface area contributed by atoms with Crippen LogP contribution in [-0.2, 0) is 16.1 Å². The molecule has 2 atom stereocenters. The van der Waals surface area contributed by atoms with Gasteiger partial charge in [-0.1, -0.05) is 37.3 Å². The SMILES string of the molecule is C[C@H]1C(=O)N(Cc2ccccc2)[C@]12CCNC(=O)C2. The van der Waals surface area contributed by atoms with Gasteiger partial charge in [-0.3, -0.25) is 9.59 Å². The summed E-state index contributed by atoms with van der Waals surface area (Å²) in [5, 5.41) is 2.85. The smallest absolute Gasteiger partial charge is 0.228 e. The molecule has 0 aliphatic carbocycles. The van der Waals surface area contributed by atoms with Crippen LogP contribution in [-0.4, -0.2) is 28.8 Å². The lowest BCUT2D eigenvalue weighted by Gasteiger charge is -2.58. The van der Waals surface area contributed by atoms with Crippen molar-refractivity contribution in [1.29, 1.82) is 0 Å². The minimum Gasteiger partial charge on any atom is -0.356 e. The number of hydrogen-bond acceptors (Lipinski definition) is 2. The summed E-state index contributed by atoms with van der Waals surface area (Å²) in [6.07, 6.45) is 1.30. The second-order valence-electron chi connectivity index (χ2n) is 5.51. The number of nitrogens with one attached hydrogen (secondary N) is 1. The van der Waals surface area contributed by atoms with Crippen LogP contribution in [0.25, 0.3) is 0 Å². The van der Waals surface area contributed by atoms with Crippen LogP contribution in [0.2, 0.25) is 0 Å². The van der Waals surface area contributed by atoms with E-state index in [1.165, 1.54) is 0 Å². The molecule has 1 aromatic rings. The van der Waals surface area contributed by atoms with E-state index in [1.54, 1.807) is 0 Å². The molecule has 2 aliphatic rings. The van der Waals surface area contributed by atoms with Gasteiger partial charge in [-0.05, 0) is 12.0 Å². The predicted molar refractivity (Wildman–Crippen MR) is 71.1 cm³/mol. The van der Waals surface area contributed by atoms with Crippen LogP contribution in [0.3, 0.4) is 0 Å². The van der Waals surface area contributed by atoms with Crippen molar-refractivity contribution in [2.45, 2.75) is 31.8 Å². The summed E-state index contributed by atoms with van der Waals surface area (Å²) in [5.41, 5.74) is 0.864. The Balaban J connectivity index is 1.83. The molecule has 0 radical (unpaired) electrons. The van der Waals surface area contributed by atoms with Gasteiger partial charge < -0.3 is 10.2 Å². The van der Waals surface area contributed by atoms with E-state index in [0.717, 1.165) is 12.0 Å². The summed E-state index contributed by atoms with van der Waals surface area (Å²) in [6.45, 7) is 3.22. The molecule has 3 rings (SSSR count). The van der Waals surface area contributed by atoms with Crippen LogP contribution in [0.1, 0.15) is 25.3 Å². The maximum absolute atomic E-state index is 12.1. The number of piperidine rings is 1. The molecular weight excluding hydrogens is 240 g/mol. The molecule has 2 aliphatic heterocycles. The summed E-state index contributed by atoms with van der Waals surface area (Å²) in [5.74, 6) is 0.185. The van der Waals surface area contributed by atoms with Gasteiger partial charge in [0, 0.05) is 13.1 Å². The average molecular weight is 258 g/mol. The Morgan fingerprint density at radius 1 is 1.32 bits per heavy atom. The van der Waals surface area contributed by atoms with Gasteiger partial charge in [0.2, 0.25) is 11.8 Å². The molecule has 2 fully saturated rings. The van der Waals surface area contributed by atoms with Crippen molar-refractivity contribution >= 4 is 11.8 Å². The zero-order valence-corrected chi connectivity index (χ0v) is 11.1. The molecule has 19 heavy (non-hydrogen) atoms. The van der Waals surface area contributed by atoms with Gasteiger partial charge in [0.1, 0.15) is 0 Å². The van der Waals surface area contributed by atoms with Gasteiger partial charge in [-0.25, -0.2) is 0 Å². The quantitative estimate of drug-likeness (QED) is 0.813. The molecule has 2 heterocycles. The molecule has 0 bridgehead atoms. The maximum Gasteiger partial charge on any atom is 0.228 e. The Hall–Kier alpha value is -1.84. The van der Waals surface area contributed by atoms with Crippen molar-refractivity contribution in [1.82, 2.24) is 10.2 Å². The van der Waals surface area contributed by atoms with E-state index in [9.17, 15) is 9.59 Å². The van der Waals surface area contributed by atoms with Crippen LogP contribution < -0.4 is 5.32 Å². The maximum atomic E-state index is 12.1. The normalized spacial score (nSPS) is 30.2. The first kappa shape index (κ1) is 12.2. The van der Waals surface area contributed by atoms with Gasteiger partial charge in [0.15, 0.2) is 0 Å². The zero-order valence-electron chi connectivity index (χ0n) is 11.1. The van der Waals surface area contributed by atoms with E-state index in [0.29, 0.717) is 19.5 Å². The van der Waals surface area contributed by atoms with Gasteiger partial charge >= 0.3 is 0 Å². The summed E-state index contributed by atoms with van der Waals surface area (Å²) in [4.78, 5) is 25.7. The Morgan fingerprint density at radius 2 is 2.05 bits per heavy atom. The van der Waals surface area contributed by atoms with E-state index in [4.69, 9.17) is 0 Å². The van der Waals surface area contributed by atoms with Crippen molar-refractivity contribution in [2.24, 2.45) is 5.92 Å². The minimum absolute atomic E-state index is 0.0396. The van der Waals surface area contributed by atoms with Crippen LogP contribution in [0.15, 0.2) is 30.3 Å². The number of likely N-dealkylation sites (tertiary alicyclic amines) is 1. The van der Waals surface area contributed by atoms with Gasteiger partial charge in [-0.2, -0.15) is 0 Å². The molecule has 1 spiro atoms. The lowest BCUT2D eigenvalue weighted by Crippen LogP contribution is -2.72. The number of rotatable bonds is 2. The fraction of sp³-hybridized carbons (Fsp3) is 0.467. The molecular formula is C15H18N2O2. The van der Waals surface area contributed by atoms with E-state index in [2.05, 4.69) is 5.32 Å². The summed E-state index contributed by atoms with van der Waals surface area (Å²) >= 11 is 0. The zero-order chi connectivity index (χ0) is 13.5. The standard InChI is InChI=1S/C15H18N2O2/c1-11-14(19)17(10-12-5-3-2-4-6-12)15(11)7-8-16-13(18)9-15/h2-6,11H,7-10H2,1H3,(H,16,18)/t11-,15-/m0/s1. The molecule has 100 valence electrons. The summed E-state index contributed by atoms with van der Waals surface area (Å²) in [6, 6.07) is 9.96. The topological polar surface area (TPSA) is 49.4 Å². The molecule has 0 aromatic heterocycles. The van der Waals surface area contributed by atoms with Crippen LogP contribution >= 0.6 is 0 Å². The van der Waals surface area contributed by atoms with Crippen molar-refractivity contribution in [3.63, 3.8) is 0 Å². The highest BCUT2D eigenvalue weighted by Gasteiger charge is 2.58. The fourth-order valence-corrected chi connectivity index (χ4v) is 3.30. The lowest BCUT2D eigenvalue weighted by molar-refractivity contribution is -0.177. The second kappa shape index (κ2) is 4.37. The molecule has 4 heteroatoms. The Kier molecular flexibility index (Phi) is 2.81. The number of carbonyl (C=O) groups excluding carboxylic acids is 2. The van der Waals surface area contributed by atoms with Crippen molar-refractivity contribution in [3.8, 4) is 0 Å². The second-order valence-corrected chi connectivity index (χ2v) is 5.51. The van der Waals surface area contributed by atoms with Crippen molar-refractivity contribution in [2.75, 3.05) is 6.54 Å². The predicted octanol–water partition coefficient (Wildman–Crippen LogP) is 1.31. The first-order chi connectivity index (χ1) is 9.13. The van der Waals surface area contributed by atoms with Crippen LogP contribution in [0.4, 0.5) is 0 Å². The number of carbonyl (C=O) groups is 2. The molecule has 1 aromatic carbocycles. The lowest BCUT2D eigenvalue weighted by atomic mass is 9.68. The van der Waals surface area contributed by atoms with Crippen molar-refractivity contribution in [3.05, 3.63) is 35.9 Å². The van der Waals surface area contributed by atoms with Gasteiger partial charge in [-0.15, -0.1) is 0 Å². The number of hydrogen-bond donors (Lipinski definition) is 1. The number of nitrogens with zero attached hydrogens (tertiary/aromatic N) is 1. The third-order valence-corrected chi connectivity index (χ3v) is 4.51. The van der Waals surface area contributed by atoms with Crippen molar-refractivity contribution < 1.29 is 9.59 Å². The Labute approximate surface area is 112 Å². The Morgan fingerprint density at radius 3 is 2.74 bits per heavy atom. The highest BCUT2D eigenvalue weighted by Crippen LogP contribution is 2.45. The summed E-state index contributed by atoms with van der Waals surface area (Å²) < 4.78 is 0. The molecule has 1 N–H and O–H groups in total. The summed E-state index contributed by atoms with van der Waals surface area (Å²) in [7, 11) is 0. The molecule has 0 unspecified atom stereocenters.